The first-order chi connectivity index (χ1) is 15.2. The SMILES string of the molecule is CC(C(=O)Nc1cccc(S(=O)(=O)NCc2ccco2)c1)N1C(=O)NC2(CCCC2)C1=O. The van der Waals surface area contributed by atoms with E-state index in [0.717, 1.165) is 17.7 Å². The highest BCUT2D eigenvalue weighted by Crippen LogP contribution is 2.35. The number of imide groups is 1. The number of rotatable bonds is 7. The Morgan fingerprint density at radius 3 is 2.66 bits per heavy atom. The highest BCUT2D eigenvalue weighted by molar-refractivity contribution is 7.89. The summed E-state index contributed by atoms with van der Waals surface area (Å²) in [5, 5.41) is 5.34. The predicted octanol–water partition coefficient (Wildman–Crippen LogP) is 1.95. The van der Waals surface area contributed by atoms with Crippen molar-refractivity contribution < 1.29 is 27.2 Å². The fourth-order valence-corrected chi connectivity index (χ4v) is 5.12. The van der Waals surface area contributed by atoms with Gasteiger partial charge in [0, 0.05) is 5.69 Å². The van der Waals surface area contributed by atoms with E-state index in [-0.39, 0.29) is 23.0 Å². The number of anilines is 1. The van der Waals surface area contributed by atoms with E-state index in [1.54, 1.807) is 12.1 Å². The van der Waals surface area contributed by atoms with E-state index < -0.39 is 33.5 Å². The zero-order valence-corrected chi connectivity index (χ0v) is 18.3. The summed E-state index contributed by atoms with van der Waals surface area (Å²) in [6.45, 7) is 1.45. The molecule has 2 aromatic rings. The van der Waals surface area contributed by atoms with Crippen molar-refractivity contribution in [3.63, 3.8) is 0 Å². The van der Waals surface area contributed by atoms with Gasteiger partial charge in [-0.2, -0.15) is 0 Å². The largest absolute Gasteiger partial charge is 0.468 e. The predicted molar refractivity (Wildman–Crippen MR) is 114 cm³/mol. The molecule has 32 heavy (non-hydrogen) atoms. The maximum Gasteiger partial charge on any atom is 0.325 e. The van der Waals surface area contributed by atoms with Crippen molar-refractivity contribution in [2.45, 2.75) is 55.6 Å². The highest BCUT2D eigenvalue weighted by atomic mass is 32.2. The van der Waals surface area contributed by atoms with Gasteiger partial charge in [0.1, 0.15) is 17.3 Å². The standard InChI is InChI=1S/C21H24N4O6S/c1-14(25-19(27)21(24-20(25)28)9-2-3-10-21)18(26)23-15-6-4-8-17(12-15)32(29,30)22-13-16-7-5-11-31-16/h4-8,11-12,14,22H,2-3,9-10,13H2,1H3,(H,23,26)(H,24,28). The van der Waals surface area contributed by atoms with Crippen LogP contribution in [0.25, 0.3) is 0 Å². The number of benzene rings is 1. The molecule has 2 aliphatic rings. The van der Waals surface area contributed by atoms with Gasteiger partial charge >= 0.3 is 6.03 Å². The fraction of sp³-hybridized carbons (Fsp3) is 0.381. The van der Waals surface area contributed by atoms with Crippen LogP contribution < -0.4 is 15.4 Å². The Bertz CT molecular complexity index is 1140. The molecule has 1 saturated heterocycles. The summed E-state index contributed by atoms with van der Waals surface area (Å²) in [7, 11) is -3.85. The second-order valence-corrected chi connectivity index (χ2v) is 9.76. The van der Waals surface area contributed by atoms with E-state index in [1.165, 1.54) is 37.5 Å². The number of carbonyl (C=O) groups is 3. The summed E-state index contributed by atoms with van der Waals surface area (Å²) in [6, 6.07) is 7.37. The number of sulfonamides is 1. The van der Waals surface area contributed by atoms with Crippen LogP contribution in [0.3, 0.4) is 0 Å². The van der Waals surface area contributed by atoms with Gasteiger partial charge in [0.25, 0.3) is 5.91 Å². The zero-order valence-electron chi connectivity index (χ0n) is 17.5. The molecule has 2 heterocycles. The molecular weight excluding hydrogens is 436 g/mol. The molecule has 4 rings (SSSR count). The molecule has 1 unspecified atom stereocenters. The average Bonchev–Trinajstić information content (AvgIpc) is 3.49. The molecule has 1 aliphatic carbocycles. The van der Waals surface area contributed by atoms with Gasteiger partial charge in [-0.3, -0.25) is 9.59 Å². The third kappa shape index (κ3) is 4.13. The number of nitrogens with one attached hydrogen (secondary N) is 3. The zero-order chi connectivity index (χ0) is 22.9. The average molecular weight is 461 g/mol. The van der Waals surface area contributed by atoms with E-state index in [0.29, 0.717) is 18.6 Å². The molecule has 4 amide bonds. The topological polar surface area (TPSA) is 138 Å². The van der Waals surface area contributed by atoms with E-state index in [4.69, 9.17) is 4.42 Å². The Kier molecular flexibility index (Phi) is 5.78. The summed E-state index contributed by atoms with van der Waals surface area (Å²) in [4.78, 5) is 39.0. The molecule has 1 aromatic carbocycles. The van der Waals surface area contributed by atoms with Crippen LogP contribution in [0.4, 0.5) is 10.5 Å². The normalized spacial score (nSPS) is 18.7. The van der Waals surface area contributed by atoms with Crippen molar-refractivity contribution >= 4 is 33.6 Å². The highest BCUT2D eigenvalue weighted by Gasteiger charge is 2.54. The van der Waals surface area contributed by atoms with Crippen molar-refractivity contribution in [3.05, 3.63) is 48.4 Å². The molecule has 11 heteroatoms. The van der Waals surface area contributed by atoms with Crippen molar-refractivity contribution in [2.75, 3.05) is 5.32 Å². The second kappa shape index (κ2) is 8.40. The molecule has 2 fully saturated rings. The minimum absolute atomic E-state index is 0.0170. The summed E-state index contributed by atoms with van der Waals surface area (Å²) < 4.78 is 32.7. The monoisotopic (exact) mass is 460 g/mol. The van der Waals surface area contributed by atoms with Crippen LogP contribution in [0.2, 0.25) is 0 Å². The molecule has 1 aliphatic heterocycles. The number of carbonyl (C=O) groups excluding carboxylic acids is 3. The second-order valence-electron chi connectivity index (χ2n) is 7.99. The van der Waals surface area contributed by atoms with Gasteiger partial charge in [0.2, 0.25) is 15.9 Å². The van der Waals surface area contributed by atoms with Crippen LogP contribution >= 0.6 is 0 Å². The first-order valence-corrected chi connectivity index (χ1v) is 11.8. The van der Waals surface area contributed by atoms with Crippen LogP contribution in [-0.4, -0.2) is 42.7 Å². The Labute approximate surface area is 185 Å². The van der Waals surface area contributed by atoms with Crippen LogP contribution in [-0.2, 0) is 26.2 Å². The van der Waals surface area contributed by atoms with Crippen molar-refractivity contribution in [1.29, 1.82) is 0 Å². The smallest absolute Gasteiger partial charge is 0.325 e. The number of urea groups is 1. The van der Waals surface area contributed by atoms with Gasteiger partial charge in [-0.05, 0) is 50.1 Å². The molecule has 170 valence electrons. The van der Waals surface area contributed by atoms with Gasteiger partial charge in [-0.25, -0.2) is 22.8 Å². The summed E-state index contributed by atoms with van der Waals surface area (Å²) in [5.74, 6) is -0.525. The van der Waals surface area contributed by atoms with E-state index in [2.05, 4.69) is 15.4 Å². The van der Waals surface area contributed by atoms with Gasteiger partial charge in [-0.1, -0.05) is 18.9 Å². The molecule has 1 spiro atoms. The third-order valence-corrected chi connectivity index (χ3v) is 7.24. The quantitative estimate of drug-likeness (QED) is 0.540. The lowest BCUT2D eigenvalue weighted by Crippen LogP contribution is -2.48. The molecule has 0 bridgehead atoms. The van der Waals surface area contributed by atoms with Crippen molar-refractivity contribution in [1.82, 2.24) is 14.9 Å². The first kappa shape index (κ1) is 22.0. The van der Waals surface area contributed by atoms with E-state index >= 15 is 0 Å². The van der Waals surface area contributed by atoms with E-state index in [9.17, 15) is 22.8 Å². The number of amides is 4. The van der Waals surface area contributed by atoms with Crippen LogP contribution in [0.5, 0.6) is 0 Å². The Balaban J connectivity index is 1.44. The van der Waals surface area contributed by atoms with Gasteiger partial charge < -0.3 is 15.1 Å². The Hall–Kier alpha value is -3.18. The van der Waals surface area contributed by atoms with Crippen LogP contribution in [0.15, 0.2) is 52.0 Å². The van der Waals surface area contributed by atoms with E-state index in [1.807, 2.05) is 0 Å². The van der Waals surface area contributed by atoms with Crippen molar-refractivity contribution in [3.8, 4) is 0 Å². The molecule has 0 radical (unpaired) electrons. The maximum absolute atomic E-state index is 12.9. The lowest BCUT2D eigenvalue weighted by molar-refractivity contribution is -0.136. The lowest BCUT2D eigenvalue weighted by Gasteiger charge is -2.23. The third-order valence-electron chi connectivity index (χ3n) is 5.85. The van der Waals surface area contributed by atoms with Crippen LogP contribution in [0, 0.1) is 0 Å². The van der Waals surface area contributed by atoms with Gasteiger partial charge in [0.15, 0.2) is 0 Å². The molecule has 3 N–H and O–H groups in total. The molecule has 1 saturated carbocycles. The molecule has 1 aromatic heterocycles. The summed E-state index contributed by atoms with van der Waals surface area (Å²) in [6.07, 6.45) is 4.26. The minimum atomic E-state index is -3.85. The summed E-state index contributed by atoms with van der Waals surface area (Å²) >= 11 is 0. The Morgan fingerprint density at radius 1 is 1.22 bits per heavy atom. The molecule has 1 atom stereocenters. The number of furan rings is 1. The first-order valence-electron chi connectivity index (χ1n) is 10.3. The van der Waals surface area contributed by atoms with Gasteiger partial charge in [-0.15, -0.1) is 0 Å². The number of hydrogen-bond donors (Lipinski definition) is 3. The maximum atomic E-state index is 12.9. The number of hydrogen-bond acceptors (Lipinski definition) is 6. The Morgan fingerprint density at radius 2 is 1.97 bits per heavy atom. The minimum Gasteiger partial charge on any atom is -0.468 e. The van der Waals surface area contributed by atoms with Crippen LogP contribution in [0.1, 0.15) is 38.4 Å². The van der Waals surface area contributed by atoms with Gasteiger partial charge in [0.05, 0.1) is 17.7 Å². The molecular formula is C21H24N4O6S. The van der Waals surface area contributed by atoms with Crippen molar-refractivity contribution in [2.24, 2.45) is 0 Å². The molecule has 10 nitrogen and oxygen atoms in total. The summed E-state index contributed by atoms with van der Waals surface area (Å²) in [5.41, 5.74) is -0.676. The lowest BCUT2D eigenvalue weighted by atomic mass is 9.97. The number of nitrogens with zero attached hydrogens (tertiary/aromatic N) is 1. The fourth-order valence-electron chi connectivity index (χ4n) is 4.08.